The molecule has 1 N–H and O–H groups in total. The van der Waals surface area contributed by atoms with Crippen molar-refractivity contribution in [2.24, 2.45) is 34.5 Å². The van der Waals surface area contributed by atoms with E-state index in [0.717, 1.165) is 51.1 Å². The van der Waals surface area contributed by atoms with Gasteiger partial charge in [-0.3, -0.25) is 10.1 Å². The number of allylic oxidation sites excluding steroid dienone is 1. The molecule has 8 rings (SSSR count). The summed E-state index contributed by atoms with van der Waals surface area (Å²) >= 11 is 0. The van der Waals surface area contributed by atoms with Crippen molar-refractivity contribution in [3.05, 3.63) is 130 Å². The first-order valence-corrected chi connectivity index (χ1v) is 21.4. The van der Waals surface area contributed by atoms with Crippen LogP contribution in [0, 0.1) is 44.6 Å². The van der Waals surface area contributed by atoms with E-state index in [4.69, 9.17) is 23.7 Å². The van der Waals surface area contributed by atoms with Crippen LogP contribution in [0.5, 0.6) is 0 Å². The number of ether oxygens (including phenoxy) is 5. The number of fused-ring (bicyclic) bond motifs is 5. The lowest BCUT2D eigenvalue weighted by Gasteiger charge is -2.63. The van der Waals surface area contributed by atoms with Gasteiger partial charge in [-0.2, -0.15) is 0 Å². The molecule has 1 aliphatic heterocycles. The molecule has 0 spiro atoms. The summed E-state index contributed by atoms with van der Waals surface area (Å²) in [4.78, 5) is 52.0. The SMILES string of the molecule is C[C@@H]1O[C@@H](O[C@H]2CC[C@@]3(C)[C@H](CC[C@@H]4[C@@H]3CC[C@]3(C)[C@@H](/C=C/[N+](=O)[O-])CC[C@]43O)C2)[C@H](OC(=O)c2ccccc2)[C@H](OC(=O)c2ccccc2)[C@H]1OC(=O)c1ccccc1. The van der Waals surface area contributed by atoms with Gasteiger partial charge in [0.25, 0.3) is 0 Å². The Bertz CT molecular complexity index is 2060. The average Bonchev–Trinajstić information content (AvgIpc) is 3.53. The highest BCUT2D eigenvalue weighted by molar-refractivity contribution is 5.91. The van der Waals surface area contributed by atoms with Crippen LogP contribution < -0.4 is 0 Å². The van der Waals surface area contributed by atoms with Crippen LogP contribution in [0.3, 0.4) is 0 Å². The van der Waals surface area contributed by atoms with E-state index in [-0.39, 0.29) is 40.4 Å². The second kappa shape index (κ2) is 16.9. The summed E-state index contributed by atoms with van der Waals surface area (Å²) in [6, 6.07) is 25.4. The summed E-state index contributed by atoms with van der Waals surface area (Å²) in [5.74, 6) is -1.38. The van der Waals surface area contributed by atoms with Crippen LogP contribution in [-0.4, -0.2) is 70.3 Å². The van der Waals surface area contributed by atoms with Gasteiger partial charge in [-0.05, 0) is 136 Å². The molecule has 13 atom stereocenters. The van der Waals surface area contributed by atoms with Crippen molar-refractivity contribution < 1.29 is 48.1 Å². The molecular formula is C48H55NO11. The minimum atomic E-state index is -1.32. The Hall–Kier alpha value is -4.91. The van der Waals surface area contributed by atoms with Crippen molar-refractivity contribution in [3.63, 3.8) is 0 Å². The standard InChI is InChI=1S/C48H55NO11/c1-30-39(58-42(50)31-13-7-4-8-14-31)40(59-43(51)32-15-9-5-10-16-32)41(60-44(52)33-17-11-6-12-18-33)45(56-30)57-36-22-25-46(2)35(29-36)19-20-38-37(46)23-26-47(3)34(24-28-49(54)55)21-27-48(38,47)53/h4-18,24,28,30,34-41,45,53H,19-23,25-27,29H2,1-3H3/b28-24+/t30-,34+,35+,36-,37-,38+,39-,40+,41+,45-,46-,47+,48-/m0/s1. The average molecular weight is 822 g/mol. The molecule has 5 aliphatic rings. The molecule has 3 aromatic carbocycles. The molecule has 0 amide bonds. The third-order valence-corrected chi connectivity index (χ3v) is 15.1. The highest BCUT2D eigenvalue weighted by Gasteiger charge is 2.67. The maximum atomic E-state index is 13.8. The third kappa shape index (κ3) is 7.78. The molecular weight excluding hydrogens is 767 g/mol. The van der Waals surface area contributed by atoms with Gasteiger partial charge in [-0.15, -0.1) is 0 Å². The minimum absolute atomic E-state index is 0.0393. The smallest absolute Gasteiger partial charge is 0.338 e. The number of rotatable bonds is 10. The lowest BCUT2D eigenvalue weighted by molar-refractivity contribution is -0.403. The summed E-state index contributed by atoms with van der Waals surface area (Å²) in [7, 11) is 0. The summed E-state index contributed by atoms with van der Waals surface area (Å²) in [5, 5.41) is 23.7. The lowest BCUT2D eigenvalue weighted by Crippen LogP contribution is -2.63. The number of hydrogen-bond acceptors (Lipinski definition) is 11. The molecule has 12 nitrogen and oxygen atoms in total. The van der Waals surface area contributed by atoms with Gasteiger partial charge in [0, 0.05) is 5.41 Å². The lowest BCUT2D eigenvalue weighted by atomic mass is 9.43. The molecule has 4 aliphatic carbocycles. The van der Waals surface area contributed by atoms with Gasteiger partial charge in [-0.25, -0.2) is 14.4 Å². The van der Waals surface area contributed by atoms with E-state index in [9.17, 15) is 29.6 Å². The minimum Gasteiger partial charge on any atom is -0.452 e. The number of carbonyl (C=O) groups excluding carboxylic acids is 3. The quantitative estimate of drug-likeness (QED) is 0.0688. The maximum Gasteiger partial charge on any atom is 0.338 e. The fraction of sp³-hybridized carbons (Fsp3) is 0.521. The summed E-state index contributed by atoms with van der Waals surface area (Å²) in [6.45, 7) is 6.22. The van der Waals surface area contributed by atoms with E-state index < -0.39 is 64.6 Å². The van der Waals surface area contributed by atoms with Gasteiger partial charge < -0.3 is 28.8 Å². The molecule has 4 saturated carbocycles. The highest BCUT2D eigenvalue weighted by Crippen LogP contribution is 2.69. The zero-order chi connectivity index (χ0) is 42.2. The number of benzene rings is 3. The van der Waals surface area contributed by atoms with Crippen molar-refractivity contribution in [2.75, 3.05) is 0 Å². The summed E-state index contributed by atoms with van der Waals surface area (Å²) < 4.78 is 31.9. The van der Waals surface area contributed by atoms with Crippen LogP contribution in [-0.2, 0) is 23.7 Å². The van der Waals surface area contributed by atoms with E-state index >= 15 is 0 Å². The molecule has 60 heavy (non-hydrogen) atoms. The topological polar surface area (TPSA) is 161 Å². The molecule has 1 heterocycles. The molecule has 0 radical (unpaired) electrons. The first kappa shape index (κ1) is 41.8. The number of nitro groups is 1. The second-order valence-corrected chi connectivity index (χ2v) is 18.1. The van der Waals surface area contributed by atoms with Crippen molar-refractivity contribution in [1.29, 1.82) is 0 Å². The predicted octanol–water partition coefficient (Wildman–Crippen LogP) is 8.36. The van der Waals surface area contributed by atoms with E-state index in [1.165, 1.54) is 0 Å². The van der Waals surface area contributed by atoms with Crippen LogP contribution >= 0.6 is 0 Å². The molecule has 12 heteroatoms. The molecule has 0 aromatic heterocycles. The molecule has 1 saturated heterocycles. The van der Waals surface area contributed by atoms with Gasteiger partial charge in [-0.1, -0.05) is 68.4 Å². The van der Waals surface area contributed by atoms with Gasteiger partial charge in [0.2, 0.25) is 6.20 Å². The van der Waals surface area contributed by atoms with Gasteiger partial charge in [0.1, 0.15) is 0 Å². The van der Waals surface area contributed by atoms with E-state index in [1.54, 1.807) is 104 Å². The van der Waals surface area contributed by atoms with Crippen LogP contribution in [0.15, 0.2) is 103 Å². The molecule has 0 unspecified atom stereocenters. The molecule has 0 bridgehead atoms. The predicted molar refractivity (Wildman–Crippen MR) is 219 cm³/mol. The van der Waals surface area contributed by atoms with Gasteiger partial charge in [0.15, 0.2) is 24.6 Å². The zero-order valence-electron chi connectivity index (χ0n) is 34.4. The van der Waals surface area contributed by atoms with Crippen LogP contribution in [0.2, 0.25) is 0 Å². The van der Waals surface area contributed by atoms with E-state index in [2.05, 4.69) is 13.8 Å². The largest absolute Gasteiger partial charge is 0.452 e. The number of carbonyl (C=O) groups is 3. The Morgan fingerprint density at radius 3 is 1.83 bits per heavy atom. The summed E-state index contributed by atoms with van der Waals surface area (Å²) in [6.07, 6.45) is 3.81. The Labute approximate surface area is 350 Å². The normalized spacial score (nSPS) is 37.2. The Kier molecular flexibility index (Phi) is 11.7. The fourth-order valence-corrected chi connectivity index (χ4v) is 11.8. The van der Waals surface area contributed by atoms with Crippen molar-refractivity contribution in [3.8, 4) is 0 Å². The monoisotopic (exact) mass is 821 g/mol. The van der Waals surface area contributed by atoms with Crippen LogP contribution in [0.25, 0.3) is 0 Å². The second-order valence-electron chi connectivity index (χ2n) is 18.1. The molecule has 3 aromatic rings. The van der Waals surface area contributed by atoms with Crippen LogP contribution in [0.1, 0.15) is 110 Å². The van der Waals surface area contributed by atoms with E-state index in [0.29, 0.717) is 24.3 Å². The summed E-state index contributed by atoms with van der Waals surface area (Å²) in [5.41, 5.74) is -0.525. The number of aliphatic hydroxyl groups is 1. The van der Waals surface area contributed by atoms with Crippen molar-refractivity contribution >= 4 is 17.9 Å². The number of hydrogen-bond donors (Lipinski definition) is 1. The zero-order valence-corrected chi connectivity index (χ0v) is 34.4. The van der Waals surface area contributed by atoms with E-state index in [1.807, 2.05) is 0 Å². The molecule has 318 valence electrons. The Balaban J connectivity index is 1.05. The van der Waals surface area contributed by atoms with Crippen molar-refractivity contribution in [1.82, 2.24) is 0 Å². The van der Waals surface area contributed by atoms with Crippen molar-refractivity contribution in [2.45, 2.75) is 121 Å². The van der Waals surface area contributed by atoms with Gasteiger partial charge in [0.05, 0.1) is 39.4 Å². The van der Waals surface area contributed by atoms with Gasteiger partial charge >= 0.3 is 17.9 Å². The highest BCUT2D eigenvalue weighted by atomic mass is 16.7. The maximum absolute atomic E-state index is 13.8. The number of nitrogens with zero attached hydrogens (tertiary/aromatic N) is 1. The first-order valence-electron chi connectivity index (χ1n) is 21.4. The third-order valence-electron chi connectivity index (χ3n) is 15.1. The fourth-order valence-electron chi connectivity index (χ4n) is 11.8. The Morgan fingerprint density at radius 1 is 0.717 bits per heavy atom. The first-order chi connectivity index (χ1) is 28.8. The number of esters is 3. The molecule has 5 fully saturated rings. The Morgan fingerprint density at radius 2 is 1.27 bits per heavy atom. The van der Waals surface area contributed by atoms with Crippen LogP contribution in [0.4, 0.5) is 0 Å².